The standard InChI is InChI=1S/C11H13N5O3S/c1-3-6-14-9(16-15-6)10(17)12-4-7-13-5(2)8(20-7)11(18)19/h3-4H2,1-2H3,(H,12,17)(H,18,19)(H,14,15,16). The fourth-order valence-electron chi connectivity index (χ4n) is 1.52. The number of nitrogens with one attached hydrogen (secondary N) is 2. The third-order valence-corrected chi connectivity index (χ3v) is 3.65. The Hall–Kier alpha value is -2.29. The van der Waals surface area contributed by atoms with Crippen LogP contribution in [0.2, 0.25) is 0 Å². The van der Waals surface area contributed by atoms with Gasteiger partial charge in [-0.2, -0.15) is 0 Å². The second kappa shape index (κ2) is 5.78. The van der Waals surface area contributed by atoms with Crippen molar-refractivity contribution in [3.63, 3.8) is 0 Å². The maximum atomic E-state index is 11.8. The molecule has 8 nitrogen and oxygen atoms in total. The van der Waals surface area contributed by atoms with Gasteiger partial charge in [-0.1, -0.05) is 6.92 Å². The number of carboxylic acid groups (broad SMARTS) is 1. The number of rotatable bonds is 5. The van der Waals surface area contributed by atoms with Crippen molar-refractivity contribution >= 4 is 23.2 Å². The molecule has 2 rings (SSSR count). The highest BCUT2D eigenvalue weighted by molar-refractivity contribution is 7.13. The van der Waals surface area contributed by atoms with Crippen molar-refractivity contribution in [1.29, 1.82) is 0 Å². The van der Waals surface area contributed by atoms with Gasteiger partial charge in [-0.05, 0) is 6.92 Å². The fourth-order valence-corrected chi connectivity index (χ4v) is 2.36. The van der Waals surface area contributed by atoms with Crippen molar-refractivity contribution in [3.05, 3.63) is 27.2 Å². The molecule has 0 spiro atoms. The normalized spacial score (nSPS) is 10.5. The van der Waals surface area contributed by atoms with Gasteiger partial charge in [0.2, 0.25) is 5.82 Å². The highest BCUT2D eigenvalue weighted by Gasteiger charge is 2.16. The van der Waals surface area contributed by atoms with E-state index in [1.54, 1.807) is 6.92 Å². The highest BCUT2D eigenvalue weighted by Crippen LogP contribution is 2.17. The molecule has 0 saturated heterocycles. The summed E-state index contributed by atoms with van der Waals surface area (Å²) in [4.78, 5) is 30.9. The van der Waals surface area contributed by atoms with E-state index in [0.29, 0.717) is 22.9 Å². The van der Waals surface area contributed by atoms with Crippen LogP contribution in [0.4, 0.5) is 0 Å². The van der Waals surface area contributed by atoms with Crippen LogP contribution in [0.1, 0.15) is 43.7 Å². The molecule has 0 saturated carbocycles. The minimum Gasteiger partial charge on any atom is -0.477 e. The van der Waals surface area contributed by atoms with E-state index in [0.717, 1.165) is 11.3 Å². The van der Waals surface area contributed by atoms with Crippen LogP contribution in [0.15, 0.2) is 0 Å². The molecule has 3 N–H and O–H groups in total. The van der Waals surface area contributed by atoms with E-state index in [9.17, 15) is 9.59 Å². The number of aromatic carboxylic acids is 1. The number of amides is 1. The molecule has 0 aliphatic heterocycles. The highest BCUT2D eigenvalue weighted by atomic mass is 32.1. The summed E-state index contributed by atoms with van der Waals surface area (Å²) in [5.74, 6) is -0.744. The summed E-state index contributed by atoms with van der Waals surface area (Å²) in [7, 11) is 0. The second-order valence-corrected chi connectivity index (χ2v) is 5.05. The van der Waals surface area contributed by atoms with Gasteiger partial charge in [0.05, 0.1) is 12.2 Å². The molecule has 0 aromatic carbocycles. The summed E-state index contributed by atoms with van der Waals surface area (Å²) in [5.41, 5.74) is 0.443. The van der Waals surface area contributed by atoms with Crippen molar-refractivity contribution in [2.45, 2.75) is 26.8 Å². The molecule has 0 radical (unpaired) electrons. The minimum absolute atomic E-state index is 0.0635. The fraction of sp³-hybridized carbons (Fsp3) is 0.364. The Morgan fingerprint density at radius 2 is 2.15 bits per heavy atom. The number of hydrogen-bond acceptors (Lipinski definition) is 6. The van der Waals surface area contributed by atoms with E-state index in [1.807, 2.05) is 6.92 Å². The summed E-state index contributed by atoms with van der Waals surface area (Å²) >= 11 is 1.04. The van der Waals surface area contributed by atoms with Crippen molar-refractivity contribution in [1.82, 2.24) is 25.5 Å². The summed E-state index contributed by atoms with van der Waals surface area (Å²) in [6.45, 7) is 3.66. The van der Waals surface area contributed by atoms with Crippen LogP contribution in [-0.4, -0.2) is 37.1 Å². The Morgan fingerprint density at radius 3 is 2.70 bits per heavy atom. The SMILES string of the molecule is CCc1nc(C(=O)NCc2nc(C)c(C(=O)O)s2)n[nH]1. The molecule has 20 heavy (non-hydrogen) atoms. The van der Waals surface area contributed by atoms with Gasteiger partial charge in [0, 0.05) is 6.42 Å². The van der Waals surface area contributed by atoms with Gasteiger partial charge >= 0.3 is 5.97 Å². The van der Waals surface area contributed by atoms with Crippen LogP contribution in [-0.2, 0) is 13.0 Å². The maximum absolute atomic E-state index is 11.8. The molecule has 0 atom stereocenters. The molecular formula is C11H13N5O3S. The van der Waals surface area contributed by atoms with Crippen molar-refractivity contribution in [3.8, 4) is 0 Å². The zero-order chi connectivity index (χ0) is 14.7. The third-order valence-electron chi connectivity index (χ3n) is 2.51. The smallest absolute Gasteiger partial charge is 0.347 e. The molecular weight excluding hydrogens is 282 g/mol. The van der Waals surface area contributed by atoms with Crippen molar-refractivity contribution < 1.29 is 14.7 Å². The summed E-state index contributed by atoms with van der Waals surface area (Å²) in [6, 6.07) is 0. The number of carbonyl (C=O) groups is 2. The third kappa shape index (κ3) is 2.99. The first-order chi connectivity index (χ1) is 9.51. The van der Waals surface area contributed by atoms with Crippen LogP contribution >= 0.6 is 11.3 Å². The Bertz CT molecular complexity index is 648. The molecule has 0 unspecified atom stereocenters. The van der Waals surface area contributed by atoms with Gasteiger partial charge in [0.15, 0.2) is 0 Å². The molecule has 1 amide bonds. The molecule has 2 heterocycles. The number of aromatic nitrogens is 4. The molecule has 106 valence electrons. The lowest BCUT2D eigenvalue weighted by molar-refractivity contribution is 0.0701. The number of thiazole rings is 1. The molecule has 0 fully saturated rings. The van der Waals surface area contributed by atoms with Crippen LogP contribution in [0.25, 0.3) is 0 Å². The first-order valence-corrected chi connectivity index (χ1v) is 6.72. The molecule has 9 heteroatoms. The van der Waals surface area contributed by atoms with Gasteiger partial charge < -0.3 is 10.4 Å². The Balaban J connectivity index is 1.99. The van der Waals surface area contributed by atoms with E-state index in [1.165, 1.54) is 0 Å². The van der Waals surface area contributed by atoms with Crippen molar-refractivity contribution in [2.24, 2.45) is 0 Å². The lowest BCUT2D eigenvalue weighted by atomic mass is 10.4. The first-order valence-electron chi connectivity index (χ1n) is 5.90. The number of aromatic amines is 1. The molecule has 0 aliphatic carbocycles. The monoisotopic (exact) mass is 295 g/mol. The molecule has 0 aliphatic rings. The van der Waals surface area contributed by atoms with Gasteiger partial charge in [-0.15, -0.1) is 16.4 Å². The molecule has 2 aromatic heterocycles. The number of nitrogens with zero attached hydrogens (tertiary/aromatic N) is 3. The predicted octanol–water partition coefficient (Wildman–Crippen LogP) is 0.760. The predicted molar refractivity (Wildman–Crippen MR) is 70.7 cm³/mol. The number of carbonyl (C=O) groups excluding carboxylic acids is 1. The number of carboxylic acids is 1. The van der Waals surface area contributed by atoms with E-state index in [2.05, 4.69) is 25.5 Å². The largest absolute Gasteiger partial charge is 0.477 e. The average molecular weight is 295 g/mol. The summed E-state index contributed by atoms with van der Waals surface area (Å²) in [5, 5.41) is 18.5. The molecule has 2 aromatic rings. The quantitative estimate of drug-likeness (QED) is 0.748. The Morgan fingerprint density at radius 1 is 1.40 bits per heavy atom. The molecule has 0 bridgehead atoms. The number of H-pyrrole nitrogens is 1. The lowest BCUT2D eigenvalue weighted by Gasteiger charge is -1.98. The summed E-state index contributed by atoms with van der Waals surface area (Å²) in [6.07, 6.45) is 0.661. The number of aryl methyl sites for hydroxylation is 2. The lowest BCUT2D eigenvalue weighted by Crippen LogP contribution is -2.24. The van der Waals surface area contributed by atoms with Crippen LogP contribution in [0.5, 0.6) is 0 Å². The maximum Gasteiger partial charge on any atom is 0.347 e. The zero-order valence-corrected chi connectivity index (χ0v) is 11.7. The summed E-state index contributed by atoms with van der Waals surface area (Å²) < 4.78 is 0. The Labute approximate surface area is 118 Å². The van der Waals surface area contributed by atoms with Crippen LogP contribution in [0.3, 0.4) is 0 Å². The van der Waals surface area contributed by atoms with E-state index >= 15 is 0 Å². The number of hydrogen-bond donors (Lipinski definition) is 3. The second-order valence-electron chi connectivity index (χ2n) is 3.97. The van der Waals surface area contributed by atoms with Gasteiger partial charge in [-0.25, -0.2) is 14.8 Å². The van der Waals surface area contributed by atoms with E-state index < -0.39 is 11.9 Å². The van der Waals surface area contributed by atoms with Crippen LogP contribution < -0.4 is 5.32 Å². The van der Waals surface area contributed by atoms with E-state index in [-0.39, 0.29) is 17.2 Å². The average Bonchev–Trinajstić information content (AvgIpc) is 3.02. The zero-order valence-electron chi connectivity index (χ0n) is 10.9. The minimum atomic E-state index is -1.01. The van der Waals surface area contributed by atoms with Gasteiger partial charge in [0.25, 0.3) is 5.91 Å². The topological polar surface area (TPSA) is 121 Å². The van der Waals surface area contributed by atoms with Gasteiger partial charge in [-0.3, -0.25) is 9.89 Å². The first kappa shape index (κ1) is 14.1. The van der Waals surface area contributed by atoms with Crippen molar-refractivity contribution in [2.75, 3.05) is 0 Å². The van der Waals surface area contributed by atoms with Gasteiger partial charge in [0.1, 0.15) is 15.7 Å². The van der Waals surface area contributed by atoms with E-state index in [4.69, 9.17) is 5.11 Å². The Kier molecular flexibility index (Phi) is 4.08. The van der Waals surface area contributed by atoms with Crippen LogP contribution in [0, 0.1) is 6.92 Å².